The Kier molecular flexibility index (Phi) is 26.0. The van der Waals surface area contributed by atoms with Gasteiger partial charge >= 0.3 is 11.9 Å². The summed E-state index contributed by atoms with van der Waals surface area (Å²) in [6.07, 6.45) is 2.25. The average molecular weight is 922 g/mol. The van der Waals surface area contributed by atoms with Gasteiger partial charge in [-0.1, -0.05) is 98.9 Å². The topological polar surface area (TPSA) is 324 Å². The van der Waals surface area contributed by atoms with Crippen molar-refractivity contribution >= 4 is 23.5 Å². The van der Waals surface area contributed by atoms with E-state index in [1.165, 1.54) is 19.1 Å². The van der Waals surface area contributed by atoms with Crippen LogP contribution >= 0.6 is 0 Å². The zero-order valence-electron chi connectivity index (χ0n) is 37.5. The second-order valence-electron chi connectivity index (χ2n) is 16.9. The maximum absolute atomic E-state index is 12.9. The molecule has 0 saturated carbocycles. The Bertz CT molecular complexity index is 1690. The van der Waals surface area contributed by atoms with E-state index in [2.05, 4.69) is 0 Å². The lowest BCUT2D eigenvalue weighted by Gasteiger charge is -2.41. The Balaban J connectivity index is 2.29. The lowest BCUT2D eigenvalue weighted by atomic mass is 9.88. The molecule has 0 radical (unpaired) electrons. The number of aliphatic hydroxyl groups is 9. The van der Waals surface area contributed by atoms with Crippen LogP contribution in [0.5, 0.6) is 0 Å². The molecular formula is C47H71NO17. The van der Waals surface area contributed by atoms with E-state index in [0.29, 0.717) is 0 Å². The van der Waals surface area contributed by atoms with Crippen molar-refractivity contribution in [3.05, 3.63) is 85.1 Å². The van der Waals surface area contributed by atoms with Crippen molar-refractivity contribution in [3.8, 4) is 0 Å². The van der Waals surface area contributed by atoms with Gasteiger partial charge in [-0.05, 0) is 20.3 Å². The molecule has 0 spiro atoms. The van der Waals surface area contributed by atoms with Gasteiger partial charge < -0.3 is 71.0 Å². The fraction of sp³-hybridized carbons (Fsp3) is 0.617. The van der Waals surface area contributed by atoms with Crippen LogP contribution in [0, 0.1) is 17.8 Å². The number of Topliss-reactive ketones (excluding diaryl/α,β-unsaturated/α-hetero) is 2. The summed E-state index contributed by atoms with van der Waals surface area (Å²) in [7, 11) is 0. The first-order valence-corrected chi connectivity index (χ1v) is 22.0. The Labute approximate surface area is 380 Å². The van der Waals surface area contributed by atoms with Crippen LogP contribution in [0.3, 0.4) is 0 Å². The van der Waals surface area contributed by atoms with Crippen molar-refractivity contribution in [3.63, 3.8) is 0 Å². The summed E-state index contributed by atoms with van der Waals surface area (Å²) in [4.78, 5) is 50.3. The number of aliphatic hydroxyl groups excluding tert-OH is 9. The normalized spacial score (nSPS) is 38.2. The summed E-state index contributed by atoms with van der Waals surface area (Å²) in [5, 5.41) is 106. The van der Waals surface area contributed by atoms with Gasteiger partial charge in [-0.3, -0.25) is 19.2 Å². The Morgan fingerprint density at radius 1 is 0.600 bits per heavy atom. The monoisotopic (exact) mass is 921 g/mol. The zero-order chi connectivity index (χ0) is 48.8. The number of esters is 1. The maximum Gasteiger partial charge on any atom is 0.311 e. The van der Waals surface area contributed by atoms with Gasteiger partial charge in [-0.15, -0.1) is 0 Å². The molecule has 366 valence electrons. The van der Waals surface area contributed by atoms with Gasteiger partial charge in [0.1, 0.15) is 29.7 Å². The van der Waals surface area contributed by atoms with E-state index in [9.17, 15) is 70.2 Å². The standard InChI is InChI=1S/C47H71NO17/c1-27-17-15-13-11-9-7-5-6-8-10-12-14-16-18-35(65-47-45(60)42(48)44(59)30(4)64-47)26-39(56)41(46(61)62)38(55)24-34(52)23-37(54)36(53)20-19-31(49)21-32(50)22-33(51)25-40(57)63-29(3)28(2)43(27)58/h5-18,27-30,32-33,35-39,41-45,47,50-51,53-56,58-60H,19-26,48H2,1-4H3,(H,61,62). The van der Waals surface area contributed by atoms with Gasteiger partial charge in [0.15, 0.2) is 6.29 Å². The predicted molar refractivity (Wildman–Crippen MR) is 237 cm³/mol. The molecule has 18 nitrogen and oxygen atoms in total. The van der Waals surface area contributed by atoms with Gasteiger partial charge in [0.2, 0.25) is 0 Å². The highest BCUT2D eigenvalue weighted by Crippen LogP contribution is 2.26. The molecule has 0 amide bonds. The SMILES string of the molecule is CC1C=CC=CC=CC=CC=CC=CC=CC(OC2OC(C)C(O)C(N)C2O)CC(O)C(C(=O)O)C(O)CC(=O)CC(O)C(O)CCC(=O)CC(O)CC(O)CC(=O)OC(C)C(C)C1O. The molecule has 0 bridgehead atoms. The first kappa shape index (κ1) is 57.1. The van der Waals surface area contributed by atoms with Crippen LogP contribution < -0.4 is 5.73 Å². The maximum atomic E-state index is 12.9. The van der Waals surface area contributed by atoms with Gasteiger partial charge in [-0.2, -0.15) is 0 Å². The molecule has 12 N–H and O–H groups in total. The van der Waals surface area contributed by atoms with E-state index in [0.717, 1.165) is 0 Å². The molecule has 2 heterocycles. The summed E-state index contributed by atoms with van der Waals surface area (Å²) in [6, 6.07) is -1.16. The molecule has 0 aromatic heterocycles. The number of allylic oxidation sites excluding steroid dienone is 12. The summed E-state index contributed by atoms with van der Waals surface area (Å²) in [5.74, 6) is -6.58. The smallest absolute Gasteiger partial charge is 0.311 e. The van der Waals surface area contributed by atoms with Crippen LogP contribution in [0.15, 0.2) is 85.1 Å². The van der Waals surface area contributed by atoms with Crippen LogP contribution in [-0.4, -0.2) is 160 Å². The lowest BCUT2D eigenvalue weighted by Crippen LogP contribution is -2.61. The number of hydrogen-bond donors (Lipinski definition) is 11. The lowest BCUT2D eigenvalue weighted by molar-refractivity contribution is -0.277. The minimum Gasteiger partial charge on any atom is -0.481 e. The number of hydrogen-bond acceptors (Lipinski definition) is 17. The third kappa shape index (κ3) is 21.0. The fourth-order valence-corrected chi connectivity index (χ4v) is 7.16. The number of rotatable bonds is 3. The minimum atomic E-state index is -1.97. The van der Waals surface area contributed by atoms with Gasteiger partial charge in [-0.25, -0.2) is 0 Å². The van der Waals surface area contributed by atoms with Crippen molar-refractivity contribution in [1.29, 1.82) is 0 Å². The number of cyclic esters (lactones) is 1. The quantitative estimate of drug-likeness (QED) is 0.174. The van der Waals surface area contributed by atoms with Crippen molar-refractivity contribution in [2.75, 3.05) is 0 Å². The average Bonchev–Trinajstić information content (AvgIpc) is 3.22. The zero-order valence-corrected chi connectivity index (χ0v) is 37.5. The first-order valence-electron chi connectivity index (χ1n) is 22.0. The molecule has 18 heteroatoms. The minimum absolute atomic E-state index is 0.302. The molecule has 2 rings (SSSR count). The van der Waals surface area contributed by atoms with Gasteiger partial charge in [0, 0.05) is 50.4 Å². The van der Waals surface area contributed by atoms with E-state index >= 15 is 0 Å². The Morgan fingerprint density at radius 3 is 1.69 bits per heavy atom. The third-order valence-electron chi connectivity index (χ3n) is 11.3. The van der Waals surface area contributed by atoms with Crippen LogP contribution in [0.25, 0.3) is 0 Å². The second-order valence-corrected chi connectivity index (χ2v) is 16.9. The number of nitrogens with two attached hydrogens (primary N) is 1. The van der Waals surface area contributed by atoms with Crippen LogP contribution in [0.1, 0.15) is 79.1 Å². The number of ketones is 2. The highest BCUT2D eigenvalue weighted by molar-refractivity contribution is 5.81. The van der Waals surface area contributed by atoms with Gasteiger partial charge in [0.25, 0.3) is 0 Å². The van der Waals surface area contributed by atoms with Crippen LogP contribution in [0.2, 0.25) is 0 Å². The van der Waals surface area contributed by atoms with Crippen molar-refractivity contribution in [2.24, 2.45) is 23.5 Å². The van der Waals surface area contributed by atoms with E-state index in [1.807, 2.05) is 6.92 Å². The number of carboxylic acid groups (broad SMARTS) is 1. The Hall–Kier alpha value is -4.02. The van der Waals surface area contributed by atoms with E-state index < -0.39 is 153 Å². The van der Waals surface area contributed by atoms with Crippen molar-refractivity contribution in [1.82, 2.24) is 0 Å². The molecule has 17 atom stereocenters. The highest BCUT2D eigenvalue weighted by atomic mass is 16.7. The highest BCUT2D eigenvalue weighted by Gasteiger charge is 2.43. The van der Waals surface area contributed by atoms with Crippen molar-refractivity contribution in [2.45, 2.75) is 165 Å². The third-order valence-corrected chi connectivity index (χ3v) is 11.3. The Morgan fingerprint density at radius 2 is 1.12 bits per heavy atom. The van der Waals surface area contributed by atoms with E-state index in [1.54, 1.807) is 86.8 Å². The largest absolute Gasteiger partial charge is 0.481 e. The van der Waals surface area contributed by atoms with E-state index in [4.69, 9.17) is 19.9 Å². The molecule has 0 aromatic rings. The summed E-state index contributed by atoms with van der Waals surface area (Å²) < 4.78 is 16.9. The number of carboxylic acids is 1. The predicted octanol–water partition coefficient (Wildman–Crippen LogP) is 0.763. The summed E-state index contributed by atoms with van der Waals surface area (Å²) in [6.45, 7) is 6.66. The molecule has 1 saturated heterocycles. The van der Waals surface area contributed by atoms with E-state index in [-0.39, 0.29) is 25.2 Å². The summed E-state index contributed by atoms with van der Waals surface area (Å²) in [5.41, 5.74) is 5.95. The number of carbonyl (C=O) groups is 4. The molecule has 2 aliphatic heterocycles. The molecule has 0 aliphatic carbocycles. The van der Waals surface area contributed by atoms with Crippen molar-refractivity contribution < 1.29 is 84.5 Å². The molecule has 1 fully saturated rings. The fourth-order valence-electron chi connectivity index (χ4n) is 7.16. The molecule has 65 heavy (non-hydrogen) atoms. The van der Waals surface area contributed by atoms with Crippen LogP contribution in [-0.2, 0) is 33.4 Å². The molecule has 2 aliphatic rings. The number of aliphatic carboxylic acids is 1. The van der Waals surface area contributed by atoms with Crippen LogP contribution in [0.4, 0.5) is 0 Å². The second kappa shape index (κ2) is 29.6. The molecular weight excluding hydrogens is 851 g/mol. The number of ether oxygens (including phenoxy) is 3. The molecule has 17 unspecified atom stereocenters. The van der Waals surface area contributed by atoms with Gasteiger partial charge in [0.05, 0.1) is 73.5 Å². The first-order chi connectivity index (χ1) is 30.6. The molecule has 0 aromatic carbocycles. The number of carbonyl (C=O) groups excluding carboxylic acids is 3. The summed E-state index contributed by atoms with van der Waals surface area (Å²) >= 11 is 0.